The quantitative estimate of drug-likeness (QED) is 0.845. The van der Waals surface area contributed by atoms with Crippen molar-refractivity contribution in [3.8, 4) is 5.88 Å². The molecule has 1 aliphatic rings. The first-order valence-electron chi connectivity index (χ1n) is 6.45. The minimum Gasteiger partial charge on any atom is -0.479 e. The summed E-state index contributed by atoms with van der Waals surface area (Å²) in [6.07, 6.45) is -0.0167. The molecule has 114 valence electrons. The lowest BCUT2D eigenvalue weighted by atomic mass is 10.0. The van der Waals surface area contributed by atoms with Crippen molar-refractivity contribution in [1.29, 1.82) is 0 Å². The van der Waals surface area contributed by atoms with E-state index in [-0.39, 0.29) is 24.9 Å². The summed E-state index contributed by atoms with van der Waals surface area (Å²) in [5.41, 5.74) is 4.67. The normalized spacial score (nSPS) is 29.1. The van der Waals surface area contributed by atoms with Gasteiger partial charge >= 0.3 is 0 Å². The number of halogens is 1. The van der Waals surface area contributed by atoms with Gasteiger partial charge in [0, 0.05) is 6.42 Å². The Bertz CT molecular complexity index is 674. The molecular formula is C12H16FN5O3. The number of ether oxygens (including phenoxy) is 2. The molecular weight excluding hydrogens is 281 g/mol. The molecule has 21 heavy (non-hydrogen) atoms. The third kappa shape index (κ3) is 2.18. The molecule has 0 radical (unpaired) electrons. The maximum Gasteiger partial charge on any atom is 0.246 e. The minimum absolute atomic E-state index is 0.00151. The fourth-order valence-corrected chi connectivity index (χ4v) is 2.60. The lowest BCUT2D eigenvalue weighted by Gasteiger charge is -2.22. The first kappa shape index (κ1) is 14.0. The van der Waals surface area contributed by atoms with Crippen LogP contribution in [0.3, 0.4) is 0 Å². The molecule has 0 amide bonds. The zero-order chi connectivity index (χ0) is 15.2. The number of rotatable bonds is 3. The van der Waals surface area contributed by atoms with Gasteiger partial charge in [0.1, 0.15) is 0 Å². The second kappa shape index (κ2) is 4.78. The van der Waals surface area contributed by atoms with Crippen molar-refractivity contribution in [3.05, 3.63) is 6.33 Å². The van der Waals surface area contributed by atoms with Crippen LogP contribution in [0.25, 0.3) is 11.2 Å². The van der Waals surface area contributed by atoms with E-state index in [1.54, 1.807) is 0 Å². The van der Waals surface area contributed by atoms with Crippen molar-refractivity contribution in [2.75, 3.05) is 19.5 Å². The second-order valence-electron chi connectivity index (χ2n) is 5.19. The standard InChI is InChI=1S/C12H16FN5O3/c1-12(13)3-6(4-19)21-10(12)18-5-15-7-8(18)16-11(14)17-9(7)20-2/h5-6,10,19H,3-4H2,1-2H3,(H2,14,16,17)/t6?,10?,12-/m1/s1. The zero-order valence-electron chi connectivity index (χ0n) is 11.7. The van der Waals surface area contributed by atoms with Crippen LogP contribution >= 0.6 is 0 Å². The number of nitrogens with two attached hydrogens (primary N) is 1. The summed E-state index contributed by atoms with van der Waals surface area (Å²) in [5.74, 6) is 0.215. The Kier molecular flexibility index (Phi) is 3.18. The summed E-state index contributed by atoms with van der Waals surface area (Å²) in [6, 6.07) is 0. The average molecular weight is 297 g/mol. The largest absolute Gasteiger partial charge is 0.479 e. The molecule has 1 saturated heterocycles. The van der Waals surface area contributed by atoms with Crippen LogP contribution in [0.5, 0.6) is 5.88 Å². The molecule has 0 aromatic carbocycles. The van der Waals surface area contributed by atoms with E-state index in [0.29, 0.717) is 11.2 Å². The maximum atomic E-state index is 14.7. The highest BCUT2D eigenvalue weighted by Gasteiger charge is 2.47. The highest BCUT2D eigenvalue weighted by Crippen LogP contribution is 2.42. The Morgan fingerprint density at radius 3 is 3.00 bits per heavy atom. The number of imidazole rings is 1. The van der Waals surface area contributed by atoms with E-state index in [1.807, 2.05) is 0 Å². The number of hydrogen-bond donors (Lipinski definition) is 2. The van der Waals surface area contributed by atoms with Crippen molar-refractivity contribution < 1.29 is 19.0 Å². The Hall–Kier alpha value is -2.00. The first-order valence-corrected chi connectivity index (χ1v) is 6.45. The molecule has 8 nitrogen and oxygen atoms in total. The van der Waals surface area contributed by atoms with Crippen LogP contribution in [0, 0.1) is 0 Å². The Balaban J connectivity index is 2.11. The molecule has 0 saturated carbocycles. The fraction of sp³-hybridized carbons (Fsp3) is 0.583. The molecule has 9 heteroatoms. The monoisotopic (exact) mass is 297 g/mol. The van der Waals surface area contributed by atoms with Gasteiger partial charge < -0.3 is 20.3 Å². The van der Waals surface area contributed by atoms with Crippen LogP contribution in [0.15, 0.2) is 6.33 Å². The van der Waals surface area contributed by atoms with Gasteiger partial charge in [0.2, 0.25) is 11.8 Å². The second-order valence-corrected chi connectivity index (χ2v) is 5.19. The lowest BCUT2D eigenvalue weighted by Crippen LogP contribution is -2.27. The topological polar surface area (TPSA) is 108 Å². The van der Waals surface area contributed by atoms with E-state index in [1.165, 1.54) is 24.9 Å². The van der Waals surface area contributed by atoms with E-state index < -0.39 is 18.0 Å². The number of nitrogens with zero attached hydrogens (tertiary/aromatic N) is 4. The molecule has 1 fully saturated rings. The first-order chi connectivity index (χ1) is 9.96. The van der Waals surface area contributed by atoms with Gasteiger partial charge in [-0.15, -0.1) is 0 Å². The molecule has 1 aliphatic heterocycles. The van der Waals surface area contributed by atoms with E-state index in [2.05, 4.69) is 15.0 Å². The number of nitrogen functional groups attached to an aromatic ring is 1. The summed E-state index contributed by atoms with van der Waals surface area (Å²) < 4.78 is 26.8. The molecule has 2 unspecified atom stereocenters. The third-order valence-electron chi connectivity index (χ3n) is 3.52. The van der Waals surface area contributed by atoms with Crippen molar-refractivity contribution in [2.24, 2.45) is 0 Å². The molecule has 0 spiro atoms. The van der Waals surface area contributed by atoms with Crippen LogP contribution in [0.1, 0.15) is 19.6 Å². The molecule has 3 rings (SSSR count). The van der Waals surface area contributed by atoms with Gasteiger partial charge in [-0.1, -0.05) is 0 Å². The third-order valence-corrected chi connectivity index (χ3v) is 3.52. The Morgan fingerprint density at radius 1 is 1.62 bits per heavy atom. The van der Waals surface area contributed by atoms with Gasteiger partial charge in [0.25, 0.3) is 0 Å². The summed E-state index contributed by atoms with van der Waals surface area (Å²) in [7, 11) is 1.44. The SMILES string of the molecule is COc1nc(N)nc2c1ncn2C1OC(CO)C[C@@]1(C)F. The average Bonchev–Trinajstić information content (AvgIpc) is 2.97. The fourth-order valence-electron chi connectivity index (χ4n) is 2.60. The number of aliphatic hydroxyl groups is 1. The lowest BCUT2D eigenvalue weighted by molar-refractivity contribution is -0.0565. The number of anilines is 1. The van der Waals surface area contributed by atoms with Crippen LogP contribution in [-0.4, -0.2) is 50.1 Å². The van der Waals surface area contributed by atoms with Crippen molar-refractivity contribution >= 4 is 17.1 Å². The van der Waals surface area contributed by atoms with Gasteiger partial charge in [-0.05, 0) is 6.92 Å². The number of fused-ring (bicyclic) bond motifs is 1. The number of aromatic nitrogens is 4. The molecule has 3 atom stereocenters. The van der Waals surface area contributed by atoms with Gasteiger partial charge in [0.05, 0.1) is 26.1 Å². The minimum atomic E-state index is -1.66. The van der Waals surface area contributed by atoms with Gasteiger partial charge in [-0.25, -0.2) is 9.37 Å². The van der Waals surface area contributed by atoms with Crippen LogP contribution in [-0.2, 0) is 4.74 Å². The van der Waals surface area contributed by atoms with Gasteiger partial charge in [-0.2, -0.15) is 9.97 Å². The Labute approximate surface area is 119 Å². The van der Waals surface area contributed by atoms with E-state index in [4.69, 9.17) is 15.2 Å². The van der Waals surface area contributed by atoms with E-state index >= 15 is 0 Å². The Morgan fingerprint density at radius 2 is 2.38 bits per heavy atom. The highest BCUT2D eigenvalue weighted by molar-refractivity contribution is 5.77. The summed E-state index contributed by atoms with van der Waals surface area (Å²) in [4.78, 5) is 12.1. The number of aliphatic hydroxyl groups excluding tert-OH is 1. The van der Waals surface area contributed by atoms with Crippen molar-refractivity contribution in [1.82, 2.24) is 19.5 Å². The molecule has 3 heterocycles. The van der Waals surface area contributed by atoms with E-state index in [0.717, 1.165) is 0 Å². The summed E-state index contributed by atoms with van der Waals surface area (Å²) in [6.45, 7) is 1.17. The predicted octanol–water partition coefficient (Wildman–Crippen LogP) is 0.425. The molecule has 3 N–H and O–H groups in total. The number of alkyl halides is 1. The maximum absolute atomic E-state index is 14.7. The molecule has 0 bridgehead atoms. The predicted molar refractivity (Wildman–Crippen MR) is 71.4 cm³/mol. The molecule has 2 aromatic rings. The van der Waals surface area contributed by atoms with Crippen LogP contribution in [0.4, 0.5) is 10.3 Å². The molecule has 2 aromatic heterocycles. The number of hydrogen-bond acceptors (Lipinski definition) is 7. The molecule has 0 aliphatic carbocycles. The van der Waals surface area contributed by atoms with Crippen LogP contribution < -0.4 is 10.5 Å². The van der Waals surface area contributed by atoms with Crippen LogP contribution in [0.2, 0.25) is 0 Å². The van der Waals surface area contributed by atoms with Crippen molar-refractivity contribution in [2.45, 2.75) is 31.3 Å². The van der Waals surface area contributed by atoms with Gasteiger partial charge in [-0.3, -0.25) is 4.57 Å². The summed E-state index contributed by atoms with van der Waals surface area (Å²) in [5, 5.41) is 9.17. The summed E-state index contributed by atoms with van der Waals surface area (Å²) >= 11 is 0. The number of methoxy groups -OCH3 is 1. The van der Waals surface area contributed by atoms with Crippen molar-refractivity contribution in [3.63, 3.8) is 0 Å². The van der Waals surface area contributed by atoms with Gasteiger partial charge in [0.15, 0.2) is 23.1 Å². The zero-order valence-corrected chi connectivity index (χ0v) is 11.7. The highest BCUT2D eigenvalue weighted by atomic mass is 19.1. The van der Waals surface area contributed by atoms with E-state index in [9.17, 15) is 9.50 Å². The smallest absolute Gasteiger partial charge is 0.246 e.